The molecule has 0 atom stereocenters. The second kappa shape index (κ2) is 14.4. The Kier molecular flexibility index (Phi) is 11.7. The van der Waals surface area contributed by atoms with Crippen LogP contribution in [0.2, 0.25) is 0 Å². The van der Waals surface area contributed by atoms with Crippen molar-refractivity contribution >= 4 is 11.9 Å². The molecule has 7 nitrogen and oxygen atoms in total. The molecule has 2 rings (SSSR count). The van der Waals surface area contributed by atoms with Gasteiger partial charge in [0, 0.05) is 12.1 Å². The Morgan fingerprint density at radius 1 is 0.486 bits per heavy atom. The van der Waals surface area contributed by atoms with Gasteiger partial charge in [-0.1, -0.05) is 0 Å². The predicted molar refractivity (Wildman–Crippen MR) is 106 cm³/mol. The third-order valence-electron chi connectivity index (χ3n) is 4.22. The Labute approximate surface area is 203 Å². The molecule has 0 fully saturated rings. The summed E-state index contributed by atoms with van der Waals surface area (Å²) < 4.78 is 130. The second-order valence-electron chi connectivity index (χ2n) is 6.88. The summed E-state index contributed by atoms with van der Waals surface area (Å²) >= 11 is 0. The average Bonchev–Trinajstić information content (AvgIpc) is 2.85. The molecule has 0 aromatic heterocycles. The number of ether oxygens (including phenoxy) is 5. The Morgan fingerprint density at radius 3 is 1.05 bits per heavy atom. The van der Waals surface area contributed by atoms with E-state index in [0.29, 0.717) is 0 Å². The Hall–Kier alpha value is -3.30. The predicted octanol–water partition coefficient (Wildman–Crippen LogP) is 4.14. The molecule has 0 N–H and O–H groups in total. The van der Waals surface area contributed by atoms with E-state index in [1.54, 1.807) is 0 Å². The van der Waals surface area contributed by atoms with E-state index in [1.807, 2.05) is 0 Å². The van der Waals surface area contributed by atoms with Gasteiger partial charge >= 0.3 is 11.9 Å². The molecule has 0 bridgehead atoms. The van der Waals surface area contributed by atoms with E-state index in [-0.39, 0.29) is 51.8 Å². The minimum atomic E-state index is -1.86. The van der Waals surface area contributed by atoms with Gasteiger partial charge in [-0.15, -0.1) is 0 Å². The summed E-state index contributed by atoms with van der Waals surface area (Å²) in [5, 5.41) is 0. The summed E-state index contributed by atoms with van der Waals surface area (Å²) in [7, 11) is 0. The standard InChI is InChI=1S/C22H18F8O7/c23-11-9-12(24)18(28)21(17(11)27)36-15(31)1-3-33-5-7-35-8-6-34-4-2-16(32)37-22-19(29)13(25)10-14(26)20(22)30/h9-10H,1-8H2. The molecule has 0 radical (unpaired) electrons. The first-order valence-electron chi connectivity index (χ1n) is 10.3. The van der Waals surface area contributed by atoms with Crippen LogP contribution < -0.4 is 9.47 Å². The number of benzene rings is 2. The van der Waals surface area contributed by atoms with E-state index in [0.717, 1.165) is 0 Å². The summed E-state index contributed by atoms with van der Waals surface area (Å²) in [5.41, 5.74) is 0. The molecule has 0 aliphatic heterocycles. The molecule has 0 amide bonds. The quantitative estimate of drug-likeness (QED) is 0.116. The number of carbonyl (C=O) groups excluding carboxylic acids is 2. The van der Waals surface area contributed by atoms with Gasteiger partial charge in [0.05, 0.1) is 52.5 Å². The fourth-order valence-corrected chi connectivity index (χ4v) is 2.46. The van der Waals surface area contributed by atoms with Crippen molar-refractivity contribution in [1.29, 1.82) is 0 Å². The highest BCUT2D eigenvalue weighted by molar-refractivity contribution is 5.73. The Balaban J connectivity index is 1.52. The molecule has 0 spiro atoms. The zero-order valence-corrected chi connectivity index (χ0v) is 18.7. The minimum Gasteiger partial charge on any atom is -0.420 e. The van der Waals surface area contributed by atoms with Gasteiger partial charge in [0.15, 0.2) is 23.3 Å². The number of hydrogen-bond donors (Lipinski definition) is 0. The Morgan fingerprint density at radius 2 is 0.757 bits per heavy atom. The van der Waals surface area contributed by atoms with Gasteiger partial charge < -0.3 is 23.7 Å². The largest absolute Gasteiger partial charge is 0.420 e. The molecule has 15 heteroatoms. The topological polar surface area (TPSA) is 80.3 Å². The minimum absolute atomic E-state index is 0.0164. The lowest BCUT2D eigenvalue weighted by Gasteiger charge is -2.09. The number of rotatable bonds is 14. The summed E-state index contributed by atoms with van der Waals surface area (Å²) in [6, 6.07) is -0.0691. The van der Waals surface area contributed by atoms with Crippen molar-refractivity contribution in [2.24, 2.45) is 0 Å². The van der Waals surface area contributed by atoms with Crippen LogP contribution in [0.5, 0.6) is 11.5 Å². The van der Waals surface area contributed by atoms with Gasteiger partial charge in [-0.05, 0) is 0 Å². The van der Waals surface area contributed by atoms with Crippen LogP contribution in [0.3, 0.4) is 0 Å². The van der Waals surface area contributed by atoms with E-state index in [1.165, 1.54) is 0 Å². The second-order valence-corrected chi connectivity index (χ2v) is 6.88. The van der Waals surface area contributed by atoms with Crippen molar-refractivity contribution in [3.63, 3.8) is 0 Å². The molecule has 2 aromatic carbocycles. The molecule has 0 saturated carbocycles. The van der Waals surface area contributed by atoms with Gasteiger partial charge in [0.25, 0.3) is 0 Å². The van der Waals surface area contributed by atoms with Gasteiger partial charge in [0.1, 0.15) is 0 Å². The van der Waals surface area contributed by atoms with E-state index < -0.39 is 82.8 Å². The summed E-state index contributed by atoms with van der Waals surface area (Å²) in [6.07, 6.45) is -0.988. The third kappa shape index (κ3) is 8.94. The van der Waals surface area contributed by atoms with Crippen LogP contribution in [0.1, 0.15) is 12.8 Å². The van der Waals surface area contributed by atoms with Gasteiger partial charge in [-0.2, -0.15) is 17.6 Å². The summed E-state index contributed by atoms with van der Waals surface area (Å²) in [4.78, 5) is 23.1. The van der Waals surface area contributed by atoms with Crippen molar-refractivity contribution in [3.8, 4) is 11.5 Å². The fourth-order valence-electron chi connectivity index (χ4n) is 2.46. The highest BCUT2D eigenvalue weighted by Crippen LogP contribution is 2.27. The molecule has 0 aliphatic rings. The van der Waals surface area contributed by atoms with E-state index in [2.05, 4.69) is 9.47 Å². The van der Waals surface area contributed by atoms with Crippen molar-refractivity contribution in [1.82, 2.24) is 0 Å². The van der Waals surface area contributed by atoms with Crippen LogP contribution in [-0.2, 0) is 23.8 Å². The highest BCUT2D eigenvalue weighted by atomic mass is 19.2. The zero-order valence-electron chi connectivity index (χ0n) is 18.7. The van der Waals surface area contributed by atoms with E-state index in [9.17, 15) is 44.7 Å². The first-order valence-corrected chi connectivity index (χ1v) is 10.3. The molecule has 0 unspecified atom stereocenters. The maximum absolute atomic E-state index is 13.4. The normalized spacial score (nSPS) is 11.0. The maximum atomic E-state index is 13.4. The van der Waals surface area contributed by atoms with E-state index in [4.69, 9.17) is 14.2 Å². The number of hydrogen-bond acceptors (Lipinski definition) is 7. The first-order chi connectivity index (χ1) is 17.5. The summed E-state index contributed by atoms with van der Waals surface area (Å²) in [6.45, 7) is -0.558. The SMILES string of the molecule is O=C(CCOCCOCCOCCC(=O)Oc1c(F)c(F)cc(F)c1F)Oc1c(F)c(F)cc(F)c1F. The molecular formula is C22H18F8O7. The van der Waals surface area contributed by atoms with Gasteiger partial charge in [0.2, 0.25) is 34.8 Å². The molecule has 0 saturated heterocycles. The number of carbonyl (C=O) groups is 2. The fraction of sp³-hybridized carbons (Fsp3) is 0.364. The van der Waals surface area contributed by atoms with Crippen molar-refractivity contribution in [2.75, 3.05) is 39.6 Å². The molecule has 0 heterocycles. The molecule has 0 aliphatic carbocycles. The van der Waals surface area contributed by atoms with Gasteiger partial charge in [-0.3, -0.25) is 9.59 Å². The van der Waals surface area contributed by atoms with Crippen molar-refractivity contribution in [2.45, 2.75) is 12.8 Å². The van der Waals surface area contributed by atoms with Gasteiger partial charge in [-0.25, -0.2) is 17.6 Å². The molecule has 204 valence electrons. The first kappa shape index (κ1) is 29.9. The summed E-state index contributed by atoms with van der Waals surface area (Å²) in [5.74, 6) is -19.8. The van der Waals surface area contributed by atoms with E-state index >= 15 is 0 Å². The highest BCUT2D eigenvalue weighted by Gasteiger charge is 2.24. The van der Waals surface area contributed by atoms with Crippen LogP contribution in [0.25, 0.3) is 0 Å². The lowest BCUT2D eigenvalue weighted by molar-refractivity contribution is -0.136. The average molecular weight is 546 g/mol. The zero-order chi connectivity index (χ0) is 27.5. The van der Waals surface area contributed by atoms with Crippen LogP contribution in [0.15, 0.2) is 12.1 Å². The Bertz CT molecular complexity index is 975. The van der Waals surface area contributed by atoms with Crippen LogP contribution in [-0.4, -0.2) is 51.6 Å². The van der Waals surface area contributed by atoms with Crippen molar-refractivity contribution in [3.05, 3.63) is 58.7 Å². The lowest BCUT2D eigenvalue weighted by Crippen LogP contribution is -2.16. The molecule has 37 heavy (non-hydrogen) atoms. The van der Waals surface area contributed by atoms with Crippen LogP contribution in [0, 0.1) is 46.5 Å². The smallest absolute Gasteiger partial charge is 0.313 e. The number of halogens is 8. The maximum Gasteiger partial charge on any atom is 0.313 e. The monoisotopic (exact) mass is 546 g/mol. The van der Waals surface area contributed by atoms with Crippen LogP contribution >= 0.6 is 0 Å². The molecular weight excluding hydrogens is 528 g/mol. The van der Waals surface area contributed by atoms with Crippen LogP contribution in [0.4, 0.5) is 35.1 Å². The molecule has 2 aromatic rings. The third-order valence-corrected chi connectivity index (χ3v) is 4.22. The number of esters is 2. The van der Waals surface area contributed by atoms with Crippen molar-refractivity contribution < 1.29 is 68.4 Å². The lowest BCUT2D eigenvalue weighted by atomic mass is 10.3.